The highest BCUT2D eigenvalue weighted by molar-refractivity contribution is 5.12. The van der Waals surface area contributed by atoms with Gasteiger partial charge in [0.1, 0.15) is 0 Å². The fourth-order valence-electron chi connectivity index (χ4n) is 1.85. The smallest absolute Gasteiger partial charge is 0.246 e. The van der Waals surface area contributed by atoms with Crippen molar-refractivity contribution in [2.24, 2.45) is 5.73 Å². The quantitative estimate of drug-likeness (QED) is 0.523. The summed E-state index contributed by atoms with van der Waals surface area (Å²) in [5.41, 5.74) is 5.83. The van der Waals surface area contributed by atoms with Crippen molar-refractivity contribution in [3.8, 4) is 0 Å². The molecule has 1 heterocycles. The first-order valence-corrected chi connectivity index (χ1v) is 6.43. The van der Waals surface area contributed by atoms with Gasteiger partial charge in [-0.2, -0.15) is 0 Å². The first-order chi connectivity index (χ1) is 8.49. The van der Waals surface area contributed by atoms with Crippen molar-refractivity contribution in [1.29, 1.82) is 0 Å². The molecule has 0 saturated carbocycles. The van der Waals surface area contributed by atoms with Crippen LogP contribution < -0.4 is 5.73 Å². The molecule has 1 rings (SSSR count). The molecule has 104 valence electrons. The summed E-state index contributed by atoms with van der Waals surface area (Å²) in [5, 5.41) is 19.8. The summed E-state index contributed by atoms with van der Waals surface area (Å²) < 4.78 is 0. The van der Waals surface area contributed by atoms with Gasteiger partial charge in [-0.1, -0.05) is 44.7 Å². The molecule has 1 fully saturated rings. The van der Waals surface area contributed by atoms with Gasteiger partial charge >= 0.3 is 0 Å². The van der Waals surface area contributed by atoms with Gasteiger partial charge in [-0.05, 0) is 19.4 Å². The van der Waals surface area contributed by atoms with E-state index >= 15 is 0 Å². The third-order valence-corrected chi connectivity index (χ3v) is 2.92. The van der Waals surface area contributed by atoms with E-state index in [0.717, 1.165) is 6.42 Å². The van der Waals surface area contributed by atoms with E-state index in [2.05, 4.69) is 6.58 Å². The standard InChI is InChI=1S/C12H20N2O2.C2H6/c1-3-4-5-6-8-12(15,16)14-9-7-11(13)10(14)2;1-2/h3-6,8,10-11,15-16H,1,7,9,13H2,2H3;1-2H3/b5-4-,8-6+;. The van der Waals surface area contributed by atoms with Crippen LogP contribution in [0.2, 0.25) is 0 Å². The predicted molar refractivity (Wildman–Crippen MR) is 75.8 cm³/mol. The number of likely N-dealkylation sites (tertiary alicyclic amines) is 1. The van der Waals surface area contributed by atoms with E-state index in [1.54, 1.807) is 29.2 Å². The van der Waals surface area contributed by atoms with Crippen LogP contribution in [0, 0.1) is 0 Å². The first-order valence-electron chi connectivity index (χ1n) is 6.43. The average Bonchev–Trinajstić information content (AvgIpc) is 2.69. The number of hydrogen-bond donors (Lipinski definition) is 3. The van der Waals surface area contributed by atoms with E-state index < -0.39 is 5.91 Å². The zero-order valence-electron chi connectivity index (χ0n) is 11.6. The van der Waals surface area contributed by atoms with Gasteiger partial charge in [0.05, 0.1) is 0 Å². The third kappa shape index (κ3) is 4.74. The number of aliphatic hydroxyl groups is 2. The zero-order chi connectivity index (χ0) is 14.2. The molecule has 0 aromatic rings. The van der Waals surface area contributed by atoms with Gasteiger partial charge in [0.15, 0.2) is 0 Å². The maximum absolute atomic E-state index is 9.88. The lowest BCUT2D eigenvalue weighted by Gasteiger charge is -2.33. The second kappa shape index (κ2) is 8.21. The minimum atomic E-state index is -1.93. The summed E-state index contributed by atoms with van der Waals surface area (Å²) in [6.45, 7) is 10.0. The molecule has 0 aliphatic carbocycles. The van der Waals surface area contributed by atoms with Crippen LogP contribution in [-0.2, 0) is 0 Å². The highest BCUT2D eigenvalue weighted by Crippen LogP contribution is 2.23. The molecule has 4 N–H and O–H groups in total. The molecule has 2 unspecified atom stereocenters. The molecule has 0 radical (unpaired) electrons. The molecule has 2 atom stereocenters. The second-order valence-electron chi connectivity index (χ2n) is 4.05. The monoisotopic (exact) mass is 254 g/mol. The fraction of sp³-hybridized carbons (Fsp3) is 0.571. The highest BCUT2D eigenvalue weighted by Gasteiger charge is 2.39. The van der Waals surface area contributed by atoms with E-state index in [4.69, 9.17) is 5.73 Å². The van der Waals surface area contributed by atoms with Crippen molar-refractivity contribution in [2.75, 3.05) is 6.54 Å². The molecule has 1 aliphatic heterocycles. The molecule has 4 nitrogen and oxygen atoms in total. The number of allylic oxidation sites excluding steroid dienone is 4. The van der Waals surface area contributed by atoms with E-state index in [0.29, 0.717) is 6.54 Å². The molecule has 0 bridgehead atoms. The number of hydrogen-bond acceptors (Lipinski definition) is 4. The van der Waals surface area contributed by atoms with Gasteiger partial charge < -0.3 is 15.9 Å². The van der Waals surface area contributed by atoms with Crippen molar-refractivity contribution in [3.05, 3.63) is 37.0 Å². The Labute approximate surface area is 110 Å². The molecule has 4 heteroatoms. The Bertz CT molecular complexity index is 298. The van der Waals surface area contributed by atoms with Gasteiger partial charge in [0.25, 0.3) is 0 Å². The summed E-state index contributed by atoms with van der Waals surface area (Å²) in [5.74, 6) is -1.93. The molecular weight excluding hydrogens is 228 g/mol. The first kappa shape index (κ1) is 17.1. The lowest BCUT2D eigenvalue weighted by Crippen LogP contribution is -2.51. The van der Waals surface area contributed by atoms with Gasteiger partial charge in [-0.3, -0.25) is 0 Å². The van der Waals surface area contributed by atoms with Crippen molar-refractivity contribution in [3.63, 3.8) is 0 Å². The summed E-state index contributed by atoms with van der Waals surface area (Å²) in [4.78, 5) is 1.58. The molecule has 18 heavy (non-hydrogen) atoms. The van der Waals surface area contributed by atoms with Gasteiger partial charge in [-0.25, -0.2) is 4.90 Å². The molecule has 1 saturated heterocycles. The second-order valence-corrected chi connectivity index (χ2v) is 4.05. The van der Waals surface area contributed by atoms with Crippen LogP contribution in [0.1, 0.15) is 27.2 Å². The Morgan fingerprint density at radius 3 is 2.33 bits per heavy atom. The van der Waals surface area contributed by atoms with Crippen LogP contribution >= 0.6 is 0 Å². The Balaban J connectivity index is 0.00000137. The van der Waals surface area contributed by atoms with Gasteiger partial charge in [0, 0.05) is 18.6 Å². The van der Waals surface area contributed by atoms with Crippen LogP contribution in [0.15, 0.2) is 37.0 Å². The zero-order valence-corrected chi connectivity index (χ0v) is 11.6. The van der Waals surface area contributed by atoms with E-state index in [9.17, 15) is 10.2 Å². The topological polar surface area (TPSA) is 69.7 Å². The average molecular weight is 254 g/mol. The Morgan fingerprint density at radius 1 is 1.28 bits per heavy atom. The Hall–Kier alpha value is -0.940. The minimum absolute atomic E-state index is 0.00390. The van der Waals surface area contributed by atoms with Crippen molar-refractivity contribution in [1.82, 2.24) is 4.90 Å². The van der Waals surface area contributed by atoms with Gasteiger partial charge in [0.2, 0.25) is 5.91 Å². The van der Waals surface area contributed by atoms with Crippen LogP contribution in [0.25, 0.3) is 0 Å². The van der Waals surface area contributed by atoms with E-state index in [-0.39, 0.29) is 12.1 Å². The van der Waals surface area contributed by atoms with Crippen LogP contribution in [0.3, 0.4) is 0 Å². The molecule has 1 aliphatic rings. The van der Waals surface area contributed by atoms with E-state index in [1.807, 2.05) is 20.8 Å². The number of nitrogens with two attached hydrogens (primary N) is 1. The fourth-order valence-corrected chi connectivity index (χ4v) is 1.85. The molecule has 0 spiro atoms. The van der Waals surface area contributed by atoms with Crippen LogP contribution in [-0.4, -0.2) is 39.7 Å². The van der Waals surface area contributed by atoms with Crippen molar-refractivity contribution in [2.45, 2.75) is 45.2 Å². The lowest BCUT2D eigenvalue weighted by molar-refractivity contribution is -0.229. The Morgan fingerprint density at radius 2 is 1.89 bits per heavy atom. The molecule has 0 amide bonds. The van der Waals surface area contributed by atoms with Crippen molar-refractivity contribution >= 4 is 0 Å². The maximum Gasteiger partial charge on any atom is 0.246 e. The normalized spacial score (nSPS) is 25.4. The van der Waals surface area contributed by atoms with E-state index in [1.165, 1.54) is 6.08 Å². The molecule has 0 aromatic heterocycles. The number of nitrogens with zero attached hydrogens (tertiary/aromatic N) is 1. The molecular formula is C14H26N2O2. The highest BCUT2D eigenvalue weighted by atomic mass is 16.5. The van der Waals surface area contributed by atoms with Crippen LogP contribution in [0.5, 0.6) is 0 Å². The van der Waals surface area contributed by atoms with Gasteiger partial charge in [-0.15, -0.1) is 0 Å². The predicted octanol–water partition coefficient (Wildman–Crippen LogP) is 1.37. The SMILES string of the molecule is C=C/C=C\C=C\C(O)(O)N1CCC(N)C1C.CC. The summed E-state index contributed by atoms with van der Waals surface area (Å²) in [6.07, 6.45) is 8.72. The summed E-state index contributed by atoms with van der Waals surface area (Å²) in [6, 6.07) is -0.0428. The molecule has 0 aromatic carbocycles. The summed E-state index contributed by atoms with van der Waals surface area (Å²) >= 11 is 0. The maximum atomic E-state index is 9.88. The summed E-state index contributed by atoms with van der Waals surface area (Å²) in [7, 11) is 0. The largest absolute Gasteiger partial charge is 0.350 e. The minimum Gasteiger partial charge on any atom is -0.350 e. The Kier molecular flexibility index (Phi) is 7.78. The van der Waals surface area contributed by atoms with Crippen molar-refractivity contribution < 1.29 is 10.2 Å². The van der Waals surface area contributed by atoms with Crippen LogP contribution in [0.4, 0.5) is 0 Å². The lowest BCUT2D eigenvalue weighted by atomic mass is 10.1. The third-order valence-electron chi connectivity index (χ3n) is 2.92. The number of rotatable bonds is 4.